The highest BCUT2D eigenvalue weighted by atomic mass is 16.5. The first kappa shape index (κ1) is 22.1. The molecule has 0 fully saturated rings. The van der Waals surface area contributed by atoms with Crippen LogP contribution in [0.5, 0.6) is 0 Å². The van der Waals surface area contributed by atoms with Gasteiger partial charge in [0, 0.05) is 31.2 Å². The zero-order valence-corrected chi connectivity index (χ0v) is 15.7. The molecular weight excluding hydrogens is 352 g/mol. The van der Waals surface area contributed by atoms with Crippen molar-refractivity contribution in [3.8, 4) is 0 Å². The Morgan fingerprint density at radius 3 is 2.22 bits per heavy atom. The van der Waals surface area contributed by atoms with Crippen molar-refractivity contribution in [2.45, 2.75) is 38.3 Å². The second kappa shape index (κ2) is 10.9. The molecule has 1 aromatic carbocycles. The van der Waals surface area contributed by atoms with Crippen molar-refractivity contribution in [3.63, 3.8) is 0 Å². The first-order chi connectivity index (χ1) is 12.8. The maximum Gasteiger partial charge on any atom is 0.307 e. The zero-order chi connectivity index (χ0) is 20.4. The summed E-state index contributed by atoms with van der Waals surface area (Å²) >= 11 is 0. The number of amides is 2. The standard InChI is InChI=1S/C18H26N4O5/c1-11(26-2)14(10-17(25)27-3)22-16(24)9-8-15(23)21-13-6-4-12(5-7-13)18(19)20/h4-7,11,14H,8-10H2,1-3H3,(H3,19,20)(H,21,23)(H,22,24). The number of methoxy groups -OCH3 is 2. The monoisotopic (exact) mass is 378 g/mol. The number of benzene rings is 1. The minimum atomic E-state index is -0.544. The molecule has 1 aromatic rings. The molecule has 0 saturated heterocycles. The quantitative estimate of drug-likeness (QED) is 0.269. The van der Waals surface area contributed by atoms with Gasteiger partial charge in [-0.25, -0.2) is 0 Å². The lowest BCUT2D eigenvalue weighted by Gasteiger charge is -2.23. The number of carbonyl (C=O) groups excluding carboxylic acids is 3. The molecule has 2 atom stereocenters. The van der Waals surface area contributed by atoms with Crippen molar-refractivity contribution in [1.29, 1.82) is 5.41 Å². The highest BCUT2D eigenvalue weighted by Gasteiger charge is 2.23. The van der Waals surface area contributed by atoms with Crippen LogP contribution in [0.3, 0.4) is 0 Å². The third-order valence-corrected chi connectivity index (χ3v) is 3.96. The number of esters is 1. The summed E-state index contributed by atoms with van der Waals surface area (Å²) < 4.78 is 9.78. The van der Waals surface area contributed by atoms with Gasteiger partial charge in [-0.05, 0) is 31.2 Å². The summed E-state index contributed by atoms with van der Waals surface area (Å²) in [5.41, 5.74) is 6.47. The van der Waals surface area contributed by atoms with Crippen molar-refractivity contribution in [3.05, 3.63) is 29.8 Å². The molecule has 27 heavy (non-hydrogen) atoms. The normalized spacial score (nSPS) is 12.6. The predicted octanol–water partition coefficient (Wildman–Crippen LogP) is 0.772. The Morgan fingerprint density at radius 1 is 1.11 bits per heavy atom. The molecule has 9 nitrogen and oxygen atoms in total. The van der Waals surface area contributed by atoms with E-state index >= 15 is 0 Å². The smallest absolute Gasteiger partial charge is 0.307 e. The molecule has 0 heterocycles. The molecule has 0 saturated carbocycles. The van der Waals surface area contributed by atoms with Crippen molar-refractivity contribution in [2.75, 3.05) is 19.5 Å². The third kappa shape index (κ3) is 7.87. The van der Waals surface area contributed by atoms with Gasteiger partial charge in [0.1, 0.15) is 5.84 Å². The van der Waals surface area contributed by atoms with Crippen LogP contribution in [0, 0.1) is 5.41 Å². The van der Waals surface area contributed by atoms with E-state index in [1.807, 2.05) is 0 Å². The number of nitrogen functional groups attached to an aromatic ring is 1. The van der Waals surface area contributed by atoms with Crippen molar-refractivity contribution < 1.29 is 23.9 Å². The highest BCUT2D eigenvalue weighted by molar-refractivity contribution is 5.96. The number of anilines is 1. The van der Waals surface area contributed by atoms with Crippen LogP contribution in [-0.4, -0.2) is 50.0 Å². The van der Waals surface area contributed by atoms with Gasteiger partial charge in [-0.1, -0.05) is 0 Å². The molecule has 1 rings (SSSR count). The first-order valence-corrected chi connectivity index (χ1v) is 8.40. The summed E-state index contributed by atoms with van der Waals surface area (Å²) in [5, 5.41) is 12.7. The first-order valence-electron chi connectivity index (χ1n) is 8.40. The van der Waals surface area contributed by atoms with Crippen LogP contribution in [0.1, 0.15) is 31.7 Å². The van der Waals surface area contributed by atoms with E-state index in [0.29, 0.717) is 11.3 Å². The molecule has 9 heteroatoms. The second-order valence-corrected chi connectivity index (χ2v) is 5.93. The Balaban J connectivity index is 2.50. The topological polar surface area (TPSA) is 144 Å². The van der Waals surface area contributed by atoms with Crippen LogP contribution in [0.4, 0.5) is 5.69 Å². The van der Waals surface area contributed by atoms with E-state index in [0.717, 1.165) is 0 Å². The number of nitrogens with one attached hydrogen (secondary N) is 3. The fourth-order valence-electron chi connectivity index (χ4n) is 2.22. The Hall–Kier alpha value is -2.94. The van der Waals surface area contributed by atoms with Gasteiger partial charge in [0.2, 0.25) is 11.8 Å². The Kier molecular flexibility index (Phi) is 8.94. The van der Waals surface area contributed by atoms with Gasteiger partial charge in [0.05, 0.1) is 25.7 Å². The van der Waals surface area contributed by atoms with E-state index in [1.54, 1.807) is 31.2 Å². The molecule has 0 bridgehead atoms. The molecular formula is C18H26N4O5. The van der Waals surface area contributed by atoms with Crippen LogP contribution in [-0.2, 0) is 23.9 Å². The van der Waals surface area contributed by atoms with Gasteiger partial charge in [0.25, 0.3) is 0 Å². The van der Waals surface area contributed by atoms with Gasteiger partial charge in [-0.15, -0.1) is 0 Å². The predicted molar refractivity (Wildman–Crippen MR) is 100 cm³/mol. The molecule has 0 radical (unpaired) electrons. The molecule has 0 aliphatic heterocycles. The fourth-order valence-corrected chi connectivity index (χ4v) is 2.22. The number of amidine groups is 1. The van der Waals surface area contributed by atoms with Gasteiger partial charge >= 0.3 is 5.97 Å². The lowest BCUT2D eigenvalue weighted by atomic mass is 10.1. The van der Waals surface area contributed by atoms with E-state index in [-0.39, 0.29) is 43.0 Å². The molecule has 2 amide bonds. The van der Waals surface area contributed by atoms with Gasteiger partial charge in [0.15, 0.2) is 0 Å². The SMILES string of the molecule is COC(=O)CC(NC(=O)CCC(=O)Nc1ccc(C(=N)N)cc1)C(C)OC. The summed E-state index contributed by atoms with van der Waals surface area (Å²) in [4.78, 5) is 35.5. The number of ether oxygens (including phenoxy) is 2. The molecule has 0 aromatic heterocycles. The zero-order valence-electron chi connectivity index (χ0n) is 15.7. The largest absolute Gasteiger partial charge is 0.469 e. The average molecular weight is 378 g/mol. The molecule has 0 aliphatic rings. The van der Waals surface area contributed by atoms with Crippen LogP contribution in [0.2, 0.25) is 0 Å². The summed E-state index contributed by atoms with van der Waals surface area (Å²) in [7, 11) is 2.75. The molecule has 5 N–H and O–H groups in total. The number of nitrogens with two attached hydrogens (primary N) is 1. The maximum atomic E-state index is 12.1. The number of hydrogen-bond acceptors (Lipinski definition) is 6. The van der Waals surface area contributed by atoms with E-state index in [9.17, 15) is 14.4 Å². The molecule has 148 valence electrons. The third-order valence-electron chi connectivity index (χ3n) is 3.96. The average Bonchev–Trinajstić information content (AvgIpc) is 2.65. The van der Waals surface area contributed by atoms with E-state index < -0.39 is 12.0 Å². The van der Waals surface area contributed by atoms with Crippen molar-refractivity contribution in [2.24, 2.45) is 5.73 Å². The molecule has 2 unspecified atom stereocenters. The van der Waals surface area contributed by atoms with Gasteiger partial charge in [-0.3, -0.25) is 19.8 Å². The van der Waals surface area contributed by atoms with Crippen molar-refractivity contribution >= 4 is 29.3 Å². The molecule has 0 aliphatic carbocycles. The van der Waals surface area contributed by atoms with Crippen LogP contribution < -0.4 is 16.4 Å². The van der Waals surface area contributed by atoms with E-state index in [2.05, 4.69) is 15.4 Å². The number of carbonyl (C=O) groups is 3. The Labute approximate surface area is 158 Å². The van der Waals surface area contributed by atoms with E-state index in [4.69, 9.17) is 15.9 Å². The van der Waals surface area contributed by atoms with Crippen LogP contribution in [0.15, 0.2) is 24.3 Å². The maximum absolute atomic E-state index is 12.1. The lowest BCUT2D eigenvalue weighted by molar-refractivity contribution is -0.142. The Morgan fingerprint density at radius 2 is 1.70 bits per heavy atom. The Bertz CT molecular complexity index is 675. The second-order valence-electron chi connectivity index (χ2n) is 5.93. The van der Waals surface area contributed by atoms with Crippen molar-refractivity contribution in [1.82, 2.24) is 5.32 Å². The number of hydrogen-bond donors (Lipinski definition) is 4. The highest BCUT2D eigenvalue weighted by Crippen LogP contribution is 2.10. The summed E-state index contributed by atoms with van der Waals surface area (Å²) in [5.74, 6) is -1.22. The van der Waals surface area contributed by atoms with Crippen LogP contribution >= 0.6 is 0 Å². The van der Waals surface area contributed by atoms with Gasteiger partial charge < -0.3 is 25.8 Å². The minimum Gasteiger partial charge on any atom is -0.469 e. The number of rotatable bonds is 10. The summed E-state index contributed by atoms with van der Waals surface area (Å²) in [6.07, 6.45) is -0.467. The fraction of sp³-hybridized carbons (Fsp3) is 0.444. The molecule has 0 spiro atoms. The summed E-state index contributed by atoms with van der Waals surface area (Å²) in [6.45, 7) is 1.73. The minimum absolute atomic E-state index is 0.0212. The summed E-state index contributed by atoms with van der Waals surface area (Å²) in [6, 6.07) is 5.95. The van der Waals surface area contributed by atoms with Gasteiger partial charge in [-0.2, -0.15) is 0 Å². The van der Waals surface area contributed by atoms with Crippen LogP contribution in [0.25, 0.3) is 0 Å². The lowest BCUT2D eigenvalue weighted by Crippen LogP contribution is -2.44. The van der Waals surface area contributed by atoms with E-state index in [1.165, 1.54) is 14.2 Å².